The highest BCUT2D eigenvalue weighted by Crippen LogP contribution is 2.71. The number of aliphatic hydroxyl groups is 3. The van der Waals surface area contributed by atoms with Crippen LogP contribution in [0.1, 0.15) is 13.3 Å². The lowest BCUT2D eigenvalue weighted by atomic mass is 9.89. The Morgan fingerprint density at radius 2 is 2.08 bits per heavy atom. The van der Waals surface area contributed by atoms with E-state index in [4.69, 9.17) is 10.8 Å². The topological polar surface area (TPSA) is 86.7 Å². The lowest BCUT2D eigenvalue weighted by molar-refractivity contribution is -0.183. The van der Waals surface area contributed by atoms with Crippen LogP contribution in [0.4, 0.5) is 0 Å². The zero-order valence-corrected chi connectivity index (χ0v) is 7.77. The first-order valence-corrected chi connectivity index (χ1v) is 4.73. The van der Waals surface area contributed by atoms with Crippen molar-refractivity contribution in [2.24, 2.45) is 28.9 Å². The van der Waals surface area contributed by atoms with Gasteiger partial charge in [0.05, 0.1) is 0 Å². The molecule has 4 atom stereocenters. The summed E-state index contributed by atoms with van der Waals surface area (Å²) in [5.41, 5.74) is 5.42. The Kier molecular flexibility index (Phi) is 1.77. The van der Waals surface area contributed by atoms with E-state index in [0.717, 1.165) is 0 Å². The summed E-state index contributed by atoms with van der Waals surface area (Å²) in [6, 6.07) is 0. The van der Waals surface area contributed by atoms with E-state index in [1.165, 1.54) is 0 Å². The van der Waals surface area contributed by atoms with Gasteiger partial charge in [0.15, 0.2) is 5.79 Å². The molecule has 5 N–H and O–H groups in total. The largest absolute Gasteiger partial charge is 0.396 e. The SMILES string of the molecule is C[C@@]1(CN)C2C(CO)CC(O)(O)C21. The van der Waals surface area contributed by atoms with Gasteiger partial charge in [0, 0.05) is 18.9 Å². The third kappa shape index (κ3) is 1.00. The van der Waals surface area contributed by atoms with Crippen molar-refractivity contribution in [2.45, 2.75) is 19.1 Å². The van der Waals surface area contributed by atoms with Gasteiger partial charge in [-0.05, 0) is 23.8 Å². The van der Waals surface area contributed by atoms with Crippen molar-refractivity contribution in [3.8, 4) is 0 Å². The summed E-state index contributed by atoms with van der Waals surface area (Å²) in [4.78, 5) is 0. The predicted octanol–water partition coefficient (Wildman–Crippen LogP) is -1.11. The molecular weight excluding hydrogens is 170 g/mol. The van der Waals surface area contributed by atoms with Crippen LogP contribution in [0.5, 0.6) is 0 Å². The van der Waals surface area contributed by atoms with Crippen molar-refractivity contribution < 1.29 is 15.3 Å². The molecule has 0 aromatic carbocycles. The summed E-state index contributed by atoms with van der Waals surface area (Å²) >= 11 is 0. The van der Waals surface area contributed by atoms with E-state index in [1.54, 1.807) is 0 Å². The molecule has 0 heterocycles. The average molecular weight is 187 g/mol. The first-order valence-electron chi connectivity index (χ1n) is 4.73. The van der Waals surface area contributed by atoms with E-state index in [0.29, 0.717) is 6.54 Å². The summed E-state index contributed by atoms with van der Waals surface area (Å²) in [6.07, 6.45) is 0.286. The second-order valence-electron chi connectivity index (χ2n) is 4.74. The van der Waals surface area contributed by atoms with Crippen molar-refractivity contribution in [3.63, 3.8) is 0 Å². The summed E-state index contributed by atoms with van der Waals surface area (Å²) in [6.45, 7) is 2.45. The molecule has 2 saturated carbocycles. The summed E-state index contributed by atoms with van der Waals surface area (Å²) in [5.74, 6) is -1.54. The van der Waals surface area contributed by atoms with E-state index < -0.39 is 5.79 Å². The maximum Gasteiger partial charge on any atom is 0.166 e. The molecule has 4 nitrogen and oxygen atoms in total. The Bertz CT molecular complexity index is 231. The van der Waals surface area contributed by atoms with Crippen molar-refractivity contribution >= 4 is 0 Å². The molecule has 2 aliphatic carbocycles. The molecule has 4 heteroatoms. The van der Waals surface area contributed by atoms with E-state index in [2.05, 4.69) is 0 Å². The minimum absolute atomic E-state index is 0.00792. The second-order valence-corrected chi connectivity index (χ2v) is 4.74. The fourth-order valence-electron chi connectivity index (χ4n) is 3.31. The van der Waals surface area contributed by atoms with Gasteiger partial charge in [-0.3, -0.25) is 0 Å². The molecule has 0 bridgehead atoms. The fourth-order valence-corrected chi connectivity index (χ4v) is 3.31. The number of aliphatic hydroxyl groups excluding tert-OH is 1. The zero-order valence-electron chi connectivity index (χ0n) is 7.77. The number of hydrogen-bond acceptors (Lipinski definition) is 4. The lowest BCUT2D eigenvalue weighted by Gasteiger charge is -2.26. The van der Waals surface area contributed by atoms with Crippen LogP contribution in [0.2, 0.25) is 0 Å². The third-order valence-corrected chi connectivity index (χ3v) is 3.96. The predicted molar refractivity (Wildman–Crippen MR) is 46.5 cm³/mol. The van der Waals surface area contributed by atoms with E-state index in [9.17, 15) is 10.2 Å². The van der Waals surface area contributed by atoms with Gasteiger partial charge in [0.1, 0.15) is 0 Å². The molecule has 0 spiro atoms. The molecule has 13 heavy (non-hydrogen) atoms. The number of fused-ring (bicyclic) bond motifs is 1. The third-order valence-electron chi connectivity index (χ3n) is 3.96. The second kappa shape index (κ2) is 2.45. The van der Waals surface area contributed by atoms with Crippen molar-refractivity contribution in [2.75, 3.05) is 13.2 Å². The lowest BCUT2D eigenvalue weighted by Crippen LogP contribution is -2.36. The van der Waals surface area contributed by atoms with Gasteiger partial charge in [-0.25, -0.2) is 0 Å². The number of hydrogen-bond donors (Lipinski definition) is 4. The standard InChI is InChI=1S/C9H17NO3/c1-8(4-10)6-5(3-11)2-9(12,13)7(6)8/h5-7,11-13H,2-4,10H2,1H3/t5?,6?,7?,8-/m1/s1. The first kappa shape index (κ1) is 9.40. The van der Waals surface area contributed by atoms with Crippen LogP contribution in [-0.4, -0.2) is 34.3 Å². The maximum absolute atomic E-state index is 9.66. The highest BCUT2D eigenvalue weighted by molar-refractivity contribution is 5.20. The van der Waals surface area contributed by atoms with Crippen LogP contribution in [0.3, 0.4) is 0 Å². The fraction of sp³-hybridized carbons (Fsp3) is 1.00. The van der Waals surface area contributed by atoms with Gasteiger partial charge in [-0.15, -0.1) is 0 Å². The molecule has 2 aliphatic rings. The summed E-state index contributed by atoms with van der Waals surface area (Å²) in [7, 11) is 0. The smallest absolute Gasteiger partial charge is 0.166 e. The Labute approximate surface area is 77.4 Å². The molecule has 0 aromatic heterocycles. The molecular formula is C9H17NO3. The summed E-state index contributed by atoms with van der Waals surface area (Å²) < 4.78 is 0. The number of nitrogens with two attached hydrogens (primary N) is 1. The molecule has 0 aliphatic heterocycles. The van der Waals surface area contributed by atoms with Crippen LogP contribution in [0.15, 0.2) is 0 Å². The molecule has 0 amide bonds. The van der Waals surface area contributed by atoms with Gasteiger partial charge in [-0.2, -0.15) is 0 Å². The Morgan fingerprint density at radius 1 is 1.46 bits per heavy atom. The average Bonchev–Trinajstić information content (AvgIpc) is 2.58. The molecule has 76 valence electrons. The van der Waals surface area contributed by atoms with Gasteiger partial charge in [0.25, 0.3) is 0 Å². The van der Waals surface area contributed by atoms with Gasteiger partial charge in [-0.1, -0.05) is 6.92 Å². The van der Waals surface area contributed by atoms with E-state index in [-0.39, 0.29) is 36.2 Å². The molecule has 0 aromatic rings. The Balaban J connectivity index is 2.21. The molecule has 0 radical (unpaired) electrons. The number of rotatable bonds is 2. The zero-order chi connectivity index (χ0) is 9.85. The van der Waals surface area contributed by atoms with Crippen LogP contribution in [0, 0.1) is 23.2 Å². The quantitative estimate of drug-likeness (QED) is 0.413. The molecule has 3 unspecified atom stereocenters. The Morgan fingerprint density at radius 3 is 2.46 bits per heavy atom. The molecule has 0 saturated heterocycles. The normalized spacial score (nSPS) is 51.9. The van der Waals surface area contributed by atoms with Crippen molar-refractivity contribution in [3.05, 3.63) is 0 Å². The monoisotopic (exact) mass is 187 g/mol. The Hall–Kier alpha value is -0.160. The molecule has 2 fully saturated rings. The van der Waals surface area contributed by atoms with Crippen LogP contribution in [0.25, 0.3) is 0 Å². The van der Waals surface area contributed by atoms with Gasteiger partial charge in [0.2, 0.25) is 0 Å². The summed E-state index contributed by atoms with van der Waals surface area (Å²) in [5, 5.41) is 28.4. The van der Waals surface area contributed by atoms with Crippen molar-refractivity contribution in [1.82, 2.24) is 0 Å². The minimum atomic E-state index is -1.60. The van der Waals surface area contributed by atoms with Crippen LogP contribution < -0.4 is 5.73 Å². The minimum Gasteiger partial charge on any atom is -0.396 e. The first-order chi connectivity index (χ1) is 5.97. The van der Waals surface area contributed by atoms with Gasteiger partial charge < -0.3 is 21.1 Å². The van der Waals surface area contributed by atoms with E-state index >= 15 is 0 Å². The maximum atomic E-state index is 9.66. The molecule has 2 rings (SSSR count). The van der Waals surface area contributed by atoms with E-state index in [1.807, 2.05) is 6.92 Å². The highest BCUT2D eigenvalue weighted by Gasteiger charge is 2.75. The van der Waals surface area contributed by atoms with Gasteiger partial charge >= 0.3 is 0 Å². The highest BCUT2D eigenvalue weighted by atomic mass is 16.5. The van der Waals surface area contributed by atoms with Crippen LogP contribution in [-0.2, 0) is 0 Å². The van der Waals surface area contributed by atoms with Crippen molar-refractivity contribution in [1.29, 1.82) is 0 Å². The van der Waals surface area contributed by atoms with Crippen LogP contribution >= 0.6 is 0 Å².